The highest BCUT2D eigenvalue weighted by Crippen LogP contribution is 2.68. The molecule has 5 atom stereocenters. The fourth-order valence-electron chi connectivity index (χ4n) is 8.36. The van der Waals surface area contributed by atoms with Crippen LogP contribution in [-0.4, -0.2) is 84.3 Å². The number of nitrogens with zero attached hydrogens (tertiary/aromatic N) is 2. The Kier molecular flexibility index (Phi) is 11.1. The molecule has 4 aliphatic rings. The standard InChI is InChI=1S/C42H53N4O7P/c1-27-16-18-28(19-17-27)35-24-38(33-21-20-31(51-2)22-36(33)43-35)52-32-23-37-39(47)45-42(54(3,4)50)25-29(42)12-8-6-5-7-9-15-34(40(48)46(37)26-32)44-41(49)53-30-13-10-11-14-30/h8,12,16-22,24,29-30,32,34,37H,5-7,9-11,13-15,23,25-26H2,1-4H3,(H,44,49)(H,45,47)/b12-8+. The second-order valence-corrected chi connectivity index (χ2v) is 19.4. The summed E-state index contributed by atoms with van der Waals surface area (Å²) >= 11 is 0. The van der Waals surface area contributed by atoms with Crippen LogP contribution in [0.15, 0.2) is 60.7 Å². The number of amides is 3. The molecule has 2 aliphatic heterocycles. The molecule has 3 amide bonds. The van der Waals surface area contributed by atoms with E-state index in [4.69, 9.17) is 19.2 Å². The van der Waals surface area contributed by atoms with E-state index in [1.807, 2.05) is 55.5 Å². The van der Waals surface area contributed by atoms with Gasteiger partial charge >= 0.3 is 6.09 Å². The summed E-state index contributed by atoms with van der Waals surface area (Å²) in [4.78, 5) is 48.7. The molecule has 0 radical (unpaired) electrons. The highest BCUT2D eigenvalue weighted by molar-refractivity contribution is 7.64. The molecule has 3 aromatic rings. The first-order valence-corrected chi connectivity index (χ1v) is 22.1. The number of alkyl carbamates (subject to hydrolysis) is 1. The minimum Gasteiger partial charge on any atom is -0.497 e. The molecule has 12 heteroatoms. The molecule has 288 valence electrons. The Morgan fingerprint density at radius 1 is 0.981 bits per heavy atom. The third-order valence-corrected chi connectivity index (χ3v) is 14.2. The van der Waals surface area contributed by atoms with Crippen LogP contribution in [0, 0.1) is 12.8 Å². The second-order valence-electron chi connectivity index (χ2n) is 15.9. The quantitative estimate of drug-likeness (QED) is 0.186. The lowest BCUT2D eigenvalue weighted by molar-refractivity contribution is -0.140. The number of hydrogen-bond donors (Lipinski definition) is 2. The summed E-state index contributed by atoms with van der Waals surface area (Å²) in [6.07, 6.45) is 11.1. The summed E-state index contributed by atoms with van der Waals surface area (Å²) in [5, 5.41) is 5.99. The number of fused-ring (bicyclic) bond motifs is 3. The fraction of sp³-hybridized carbons (Fsp3) is 0.524. The Bertz CT molecular complexity index is 1960. The third-order valence-electron chi connectivity index (χ3n) is 11.7. The molecule has 0 spiro atoms. The van der Waals surface area contributed by atoms with Crippen LogP contribution in [0.4, 0.5) is 4.79 Å². The molecule has 0 bridgehead atoms. The Hall–Kier alpha value is -4.37. The maximum atomic E-state index is 14.6. The summed E-state index contributed by atoms with van der Waals surface area (Å²) in [6, 6.07) is 13.9. The summed E-state index contributed by atoms with van der Waals surface area (Å²) < 4.78 is 31.8. The Labute approximate surface area is 318 Å². The van der Waals surface area contributed by atoms with E-state index in [0.29, 0.717) is 35.6 Å². The number of aromatic nitrogens is 1. The molecule has 3 heterocycles. The molecule has 2 aliphatic carbocycles. The zero-order chi connectivity index (χ0) is 38.0. The van der Waals surface area contributed by atoms with Crippen molar-refractivity contribution in [2.75, 3.05) is 27.0 Å². The largest absolute Gasteiger partial charge is 0.497 e. The van der Waals surface area contributed by atoms with Crippen molar-refractivity contribution in [2.45, 2.75) is 107 Å². The normalized spacial score (nSPS) is 27.2. The van der Waals surface area contributed by atoms with Gasteiger partial charge < -0.3 is 34.3 Å². The number of benzene rings is 2. The number of pyridine rings is 1. The number of carbonyl (C=O) groups is 3. The van der Waals surface area contributed by atoms with Crippen LogP contribution in [-0.2, 0) is 18.9 Å². The second kappa shape index (κ2) is 15.8. The van der Waals surface area contributed by atoms with Crippen molar-refractivity contribution in [3.63, 3.8) is 0 Å². The van der Waals surface area contributed by atoms with Gasteiger partial charge in [-0.1, -0.05) is 54.8 Å². The molecular weight excluding hydrogens is 703 g/mol. The maximum Gasteiger partial charge on any atom is 0.408 e. The molecule has 3 fully saturated rings. The van der Waals surface area contributed by atoms with Gasteiger partial charge in [0.1, 0.15) is 42.9 Å². The van der Waals surface area contributed by atoms with Gasteiger partial charge in [0, 0.05) is 35.4 Å². The first-order chi connectivity index (χ1) is 25.9. The van der Waals surface area contributed by atoms with Crippen molar-refractivity contribution in [3.8, 4) is 22.8 Å². The van der Waals surface area contributed by atoms with Gasteiger partial charge in [0.15, 0.2) is 0 Å². The number of allylic oxidation sites excluding steroid dienone is 1. The van der Waals surface area contributed by atoms with Crippen LogP contribution in [0.2, 0.25) is 0 Å². The number of hydrogen-bond acceptors (Lipinski definition) is 8. The molecule has 5 unspecified atom stereocenters. The van der Waals surface area contributed by atoms with Crippen LogP contribution >= 0.6 is 7.14 Å². The van der Waals surface area contributed by atoms with E-state index in [1.165, 1.54) is 0 Å². The van der Waals surface area contributed by atoms with Gasteiger partial charge in [0.25, 0.3) is 0 Å². The number of rotatable bonds is 7. The first-order valence-electron chi connectivity index (χ1n) is 19.5. The predicted molar refractivity (Wildman–Crippen MR) is 209 cm³/mol. The minimum atomic E-state index is -2.80. The van der Waals surface area contributed by atoms with Gasteiger partial charge in [-0.15, -0.1) is 0 Å². The van der Waals surface area contributed by atoms with Crippen molar-refractivity contribution in [2.24, 2.45) is 5.92 Å². The van der Waals surface area contributed by atoms with Gasteiger partial charge in [-0.25, -0.2) is 9.78 Å². The SMILES string of the molecule is COc1ccc2c(OC3CC4C(=O)NC5(P(C)(C)=O)CC5/C=C/CCCCCC(NC(=O)OC5CCCC5)C(=O)N4C3)cc(-c3ccc(C)cc3)nc2c1. The summed E-state index contributed by atoms with van der Waals surface area (Å²) in [6.45, 7) is 5.61. The predicted octanol–water partition coefficient (Wildman–Crippen LogP) is 7.58. The lowest BCUT2D eigenvalue weighted by atomic mass is 10.0. The molecule has 7 rings (SSSR count). The van der Waals surface area contributed by atoms with E-state index in [9.17, 15) is 18.9 Å². The monoisotopic (exact) mass is 756 g/mol. The number of nitrogens with one attached hydrogen (secondary N) is 2. The van der Waals surface area contributed by atoms with Crippen LogP contribution in [0.1, 0.15) is 76.2 Å². The number of ether oxygens (including phenoxy) is 3. The number of aryl methyl sites for hydroxylation is 1. The minimum absolute atomic E-state index is 0.0369. The lowest BCUT2D eigenvalue weighted by Gasteiger charge is -2.31. The van der Waals surface area contributed by atoms with Crippen molar-refractivity contribution in [1.29, 1.82) is 0 Å². The number of carbonyl (C=O) groups excluding carboxylic acids is 3. The Morgan fingerprint density at radius 2 is 1.74 bits per heavy atom. The maximum absolute atomic E-state index is 14.6. The zero-order valence-electron chi connectivity index (χ0n) is 31.8. The molecule has 1 saturated heterocycles. The molecule has 1 aromatic heterocycles. The topological polar surface area (TPSA) is 136 Å². The lowest BCUT2D eigenvalue weighted by Crippen LogP contribution is -2.55. The third kappa shape index (κ3) is 8.16. The van der Waals surface area contributed by atoms with Crippen LogP contribution in [0.25, 0.3) is 22.2 Å². The van der Waals surface area contributed by atoms with E-state index in [2.05, 4.69) is 22.8 Å². The van der Waals surface area contributed by atoms with Crippen molar-refractivity contribution in [3.05, 3.63) is 66.2 Å². The Balaban J connectivity index is 1.22. The average molecular weight is 757 g/mol. The van der Waals surface area contributed by atoms with E-state index < -0.39 is 36.7 Å². The van der Waals surface area contributed by atoms with Gasteiger partial charge in [-0.2, -0.15) is 0 Å². The number of methoxy groups -OCH3 is 1. The molecule has 2 aromatic carbocycles. The molecule has 2 saturated carbocycles. The van der Waals surface area contributed by atoms with Gasteiger partial charge in [0.2, 0.25) is 11.8 Å². The van der Waals surface area contributed by atoms with E-state index in [1.54, 1.807) is 25.3 Å². The van der Waals surface area contributed by atoms with E-state index >= 15 is 0 Å². The summed E-state index contributed by atoms with van der Waals surface area (Å²) in [7, 11) is -1.19. The first kappa shape index (κ1) is 37.9. The van der Waals surface area contributed by atoms with E-state index in [0.717, 1.165) is 67.9 Å². The smallest absolute Gasteiger partial charge is 0.408 e. The fourth-order valence-corrected chi connectivity index (χ4v) is 10.3. The van der Waals surface area contributed by atoms with Gasteiger partial charge in [0.05, 0.1) is 30.1 Å². The van der Waals surface area contributed by atoms with Crippen molar-refractivity contribution >= 4 is 36.0 Å². The van der Waals surface area contributed by atoms with Crippen molar-refractivity contribution < 1.29 is 33.2 Å². The van der Waals surface area contributed by atoms with Crippen LogP contribution in [0.5, 0.6) is 11.5 Å². The molecule has 54 heavy (non-hydrogen) atoms. The molecule has 2 N–H and O–H groups in total. The Morgan fingerprint density at radius 3 is 2.48 bits per heavy atom. The average Bonchev–Trinajstić information content (AvgIpc) is 3.42. The molecular formula is C42H53N4O7P. The van der Waals surface area contributed by atoms with E-state index in [-0.39, 0.29) is 36.8 Å². The van der Waals surface area contributed by atoms with Crippen LogP contribution < -0.4 is 20.1 Å². The highest BCUT2D eigenvalue weighted by Gasteiger charge is 2.62. The van der Waals surface area contributed by atoms with Gasteiger partial charge in [-0.05, 0) is 83.8 Å². The molecule has 11 nitrogen and oxygen atoms in total. The highest BCUT2D eigenvalue weighted by atomic mass is 31.2. The summed E-state index contributed by atoms with van der Waals surface area (Å²) in [5.74, 6) is 0.488. The van der Waals surface area contributed by atoms with Crippen molar-refractivity contribution in [1.82, 2.24) is 20.5 Å². The zero-order valence-corrected chi connectivity index (χ0v) is 32.7. The van der Waals surface area contributed by atoms with Gasteiger partial charge in [-0.3, -0.25) is 9.59 Å². The van der Waals surface area contributed by atoms with Crippen LogP contribution in [0.3, 0.4) is 0 Å². The summed E-state index contributed by atoms with van der Waals surface area (Å²) in [5.41, 5.74) is 3.45.